The van der Waals surface area contributed by atoms with E-state index in [9.17, 15) is 4.79 Å². The van der Waals surface area contributed by atoms with E-state index in [1.165, 1.54) is 12.8 Å². The second-order valence-corrected chi connectivity index (χ2v) is 4.34. The van der Waals surface area contributed by atoms with Crippen molar-refractivity contribution in [3.8, 4) is 0 Å². The predicted molar refractivity (Wildman–Crippen MR) is 51.0 cm³/mol. The van der Waals surface area contributed by atoms with Crippen LogP contribution in [0.15, 0.2) is 0 Å². The van der Waals surface area contributed by atoms with Crippen LogP contribution in [-0.2, 0) is 4.79 Å². The maximum absolute atomic E-state index is 11.6. The lowest BCUT2D eigenvalue weighted by molar-refractivity contribution is -0.125. The van der Waals surface area contributed by atoms with Gasteiger partial charge in [0.15, 0.2) is 0 Å². The molecule has 0 aromatic carbocycles. The van der Waals surface area contributed by atoms with E-state index in [2.05, 4.69) is 6.92 Å². The van der Waals surface area contributed by atoms with Gasteiger partial charge in [0.05, 0.1) is 0 Å². The van der Waals surface area contributed by atoms with Crippen LogP contribution < -0.4 is 0 Å². The summed E-state index contributed by atoms with van der Waals surface area (Å²) in [6.07, 6.45) is 4.84. The van der Waals surface area contributed by atoms with Crippen LogP contribution in [0.25, 0.3) is 0 Å². The van der Waals surface area contributed by atoms with Gasteiger partial charge >= 0.3 is 0 Å². The number of carbonyl (C=O) groups excluding carboxylic acids is 1. The molecule has 0 heterocycles. The van der Waals surface area contributed by atoms with Crippen molar-refractivity contribution in [3.05, 3.63) is 0 Å². The SMILES string of the molecule is CCC1CCC(C(=O)C(C)C)C1. The molecule has 0 N–H and O–H groups in total. The monoisotopic (exact) mass is 168 g/mol. The predicted octanol–water partition coefficient (Wildman–Crippen LogP) is 3.04. The summed E-state index contributed by atoms with van der Waals surface area (Å²) in [4.78, 5) is 11.6. The van der Waals surface area contributed by atoms with E-state index in [1.54, 1.807) is 0 Å². The van der Waals surface area contributed by atoms with E-state index in [0.29, 0.717) is 11.7 Å². The molecule has 12 heavy (non-hydrogen) atoms. The maximum atomic E-state index is 11.6. The Morgan fingerprint density at radius 2 is 2.08 bits per heavy atom. The third-order valence-corrected chi connectivity index (χ3v) is 3.09. The van der Waals surface area contributed by atoms with E-state index in [1.807, 2.05) is 13.8 Å². The van der Waals surface area contributed by atoms with Crippen LogP contribution in [0.5, 0.6) is 0 Å². The molecule has 1 rings (SSSR count). The number of rotatable bonds is 3. The molecule has 2 atom stereocenters. The van der Waals surface area contributed by atoms with Gasteiger partial charge in [0.2, 0.25) is 0 Å². The lowest BCUT2D eigenvalue weighted by Gasteiger charge is -2.11. The molecule has 1 fully saturated rings. The van der Waals surface area contributed by atoms with E-state index in [-0.39, 0.29) is 5.92 Å². The number of hydrogen-bond donors (Lipinski definition) is 0. The first-order chi connectivity index (χ1) is 5.65. The summed E-state index contributed by atoms with van der Waals surface area (Å²) in [5.74, 6) is 1.96. The highest BCUT2D eigenvalue weighted by Gasteiger charge is 2.29. The van der Waals surface area contributed by atoms with E-state index >= 15 is 0 Å². The van der Waals surface area contributed by atoms with Crippen molar-refractivity contribution < 1.29 is 4.79 Å². The van der Waals surface area contributed by atoms with Crippen molar-refractivity contribution in [2.75, 3.05) is 0 Å². The van der Waals surface area contributed by atoms with Crippen molar-refractivity contribution in [3.63, 3.8) is 0 Å². The normalized spacial score (nSPS) is 29.7. The minimum atomic E-state index is 0.241. The molecule has 1 saturated carbocycles. The van der Waals surface area contributed by atoms with Crippen molar-refractivity contribution in [1.29, 1.82) is 0 Å². The van der Waals surface area contributed by atoms with Gasteiger partial charge in [0, 0.05) is 11.8 Å². The van der Waals surface area contributed by atoms with E-state index in [0.717, 1.165) is 18.8 Å². The number of ketones is 1. The molecule has 0 spiro atoms. The Morgan fingerprint density at radius 3 is 2.50 bits per heavy atom. The van der Waals surface area contributed by atoms with Gasteiger partial charge in [-0.25, -0.2) is 0 Å². The lowest BCUT2D eigenvalue weighted by Crippen LogP contribution is -2.17. The number of carbonyl (C=O) groups is 1. The summed E-state index contributed by atoms with van der Waals surface area (Å²) >= 11 is 0. The largest absolute Gasteiger partial charge is 0.299 e. The molecule has 1 heteroatoms. The molecule has 0 bridgehead atoms. The van der Waals surface area contributed by atoms with Gasteiger partial charge in [-0.05, 0) is 25.2 Å². The molecule has 0 amide bonds. The average molecular weight is 168 g/mol. The molecule has 1 aliphatic rings. The van der Waals surface area contributed by atoms with Crippen LogP contribution in [-0.4, -0.2) is 5.78 Å². The topological polar surface area (TPSA) is 17.1 Å². The van der Waals surface area contributed by atoms with Gasteiger partial charge in [-0.15, -0.1) is 0 Å². The first-order valence-electron chi connectivity index (χ1n) is 5.18. The van der Waals surface area contributed by atoms with Crippen LogP contribution >= 0.6 is 0 Å². The Labute approximate surface area is 75.5 Å². The third-order valence-electron chi connectivity index (χ3n) is 3.09. The van der Waals surface area contributed by atoms with Crippen molar-refractivity contribution in [2.45, 2.75) is 46.5 Å². The fraction of sp³-hybridized carbons (Fsp3) is 0.909. The Kier molecular flexibility index (Phi) is 3.30. The van der Waals surface area contributed by atoms with Crippen LogP contribution in [0.1, 0.15) is 46.5 Å². The zero-order chi connectivity index (χ0) is 9.14. The molecule has 2 unspecified atom stereocenters. The van der Waals surface area contributed by atoms with Gasteiger partial charge in [-0.2, -0.15) is 0 Å². The third kappa shape index (κ3) is 2.09. The minimum Gasteiger partial charge on any atom is -0.299 e. The van der Waals surface area contributed by atoms with Crippen LogP contribution in [0.2, 0.25) is 0 Å². The Balaban J connectivity index is 2.41. The molecule has 1 aliphatic carbocycles. The second-order valence-electron chi connectivity index (χ2n) is 4.34. The van der Waals surface area contributed by atoms with E-state index in [4.69, 9.17) is 0 Å². The number of Topliss-reactive ketones (excluding diaryl/α,β-unsaturated/α-hetero) is 1. The first-order valence-corrected chi connectivity index (χ1v) is 5.18. The van der Waals surface area contributed by atoms with Gasteiger partial charge in [-0.3, -0.25) is 4.79 Å². The molecule has 0 saturated heterocycles. The Bertz CT molecular complexity index is 160. The second kappa shape index (κ2) is 4.06. The molecular formula is C11H20O. The summed E-state index contributed by atoms with van der Waals surface area (Å²) in [6.45, 7) is 6.26. The lowest BCUT2D eigenvalue weighted by atomic mass is 9.93. The van der Waals surface area contributed by atoms with Crippen molar-refractivity contribution in [2.24, 2.45) is 17.8 Å². The Hall–Kier alpha value is -0.330. The quantitative estimate of drug-likeness (QED) is 0.633. The molecule has 70 valence electrons. The van der Waals surface area contributed by atoms with Gasteiger partial charge in [0.25, 0.3) is 0 Å². The number of hydrogen-bond acceptors (Lipinski definition) is 1. The summed E-state index contributed by atoms with van der Waals surface area (Å²) in [7, 11) is 0. The zero-order valence-electron chi connectivity index (χ0n) is 8.47. The van der Waals surface area contributed by atoms with Crippen LogP contribution in [0, 0.1) is 17.8 Å². The first kappa shape index (κ1) is 9.76. The standard InChI is InChI=1S/C11H20O/c1-4-9-5-6-10(7-9)11(12)8(2)3/h8-10H,4-7H2,1-3H3. The highest BCUT2D eigenvalue weighted by Crippen LogP contribution is 2.34. The maximum Gasteiger partial charge on any atom is 0.138 e. The van der Waals surface area contributed by atoms with E-state index < -0.39 is 0 Å². The van der Waals surface area contributed by atoms with Gasteiger partial charge < -0.3 is 0 Å². The molecule has 0 aliphatic heterocycles. The molecular weight excluding hydrogens is 148 g/mol. The van der Waals surface area contributed by atoms with Gasteiger partial charge in [0.1, 0.15) is 5.78 Å². The Morgan fingerprint density at radius 1 is 1.42 bits per heavy atom. The zero-order valence-corrected chi connectivity index (χ0v) is 8.47. The minimum absolute atomic E-state index is 0.241. The fourth-order valence-corrected chi connectivity index (χ4v) is 2.18. The van der Waals surface area contributed by atoms with Crippen molar-refractivity contribution >= 4 is 5.78 Å². The highest BCUT2D eigenvalue weighted by atomic mass is 16.1. The molecule has 1 nitrogen and oxygen atoms in total. The molecule has 0 radical (unpaired) electrons. The summed E-state index contributed by atoms with van der Waals surface area (Å²) in [5.41, 5.74) is 0. The summed E-state index contributed by atoms with van der Waals surface area (Å²) in [6, 6.07) is 0. The average Bonchev–Trinajstić information content (AvgIpc) is 2.50. The van der Waals surface area contributed by atoms with Gasteiger partial charge in [-0.1, -0.05) is 27.2 Å². The fourth-order valence-electron chi connectivity index (χ4n) is 2.18. The van der Waals surface area contributed by atoms with Crippen LogP contribution in [0.3, 0.4) is 0 Å². The highest BCUT2D eigenvalue weighted by molar-refractivity contribution is 5.83. The molecule has 0 aromatic rings. The smallest absolute Gasteiger partial charge is 0.138 e. The van der Waals surface area contributed by atoms with Crippen molar-refractivity contribution in [1.82, 2.24) is 0 Å². The van der Waals surface area contributed by atoms with Crippen LogP contribution in [0.4, 0.5) is 0 Å². The molecule has 0 aromatic heterocycles. The summed E-state index contributed by atoms with van der Waals surface area (Å²) in [5, 5.41) is 0. The summed E-state index contributed by atoms with van der Waals surface area (Å²) < 4.78 is 0.